The highest BCUT2D eigenvalue weighted by molar-refractivity contribution is 6.06. The van der Waals surface area contributed by atoms with Gasteiger partial charge in [-0.15, -0.1) is 0 Å². The van der Waals surface area contributed by atoms with E-state index in [1.165, 1.54) is 37.6 Å². The Bertz CT molecular complexity index is 646. The molecule has 22 heavy (non-hydrogen) atoms. The summed E-state index contributed by atoms with van der Waals surface area (Å²) in [6.45, 7) is 0. The Balaban J connectivity index is 2.30. The van der Waals surface area contributed by atoms with Gasteiger partial charge in [0.05, 0.1) is 17.4 Å². The van der Waals surface area contributed by atoms with Gasteiger partial charge in [-0.05, 0) is 12.1 Å². The van der Waals surface area contributed by atoms with Crippen molar-refractivity contribution < 1.29 is 27.1 Å². The van der Waals surface area contributed by atoms with Gasteiger partial charge in [-0.2, -0.15) is 22.7 Å². The number of aromatic amines is 1. The van der Waals surface area contributed by atoms with Gasteiger partial charge >= 0.3 is 12.5 Å². The maximum Gasteiger partial charge on any atom is 0.461 e. The van der Waals surface area contributed by atoms with E-state index in [0.717, 1.165) is 11.0 Å². The second-order valence-corrected chi connectivity index (χ2v) is 4.28. The van der Waals surface area contributed by atoms with Crippen LogP contribution in [-0.2, 0) is 0 Å². The molecule has 0 fully saturated rings. The fraction of sp³-hybridized carbons (Fsp3) is 0.231. The number of halogens is 4. The fourth-order valence-corrected chi connectivity index (χ4v) is 1.68. The van der Waals surface area contributed by atoms with E-state index < -0.39 is 24.2 Å². The molecule has 1 heterocycles. The predicted molar refractivity (Wildman–Crippen MR) is 69.3 cm³/mol. The van der Waals surface area contributed by atoms with Crippen molar-refractivity contribution >= 4 is 11.6 Å². The monoisotopic (exact) mass is 317 g/mol. The molecular formula is C13H11F4N3O2. The zero-order valence-electron chi connectivity index (χ0n) is 11.3. The minimum atomic E-state index is -4.66. The Morgan fingerprint density at radius 1 is 1.36 bits per heavy atom. The number of benzene rings is 1. The first-order valence-corrected chi connectivity index (χ1v) is 6.04. The van der Waals surface area contributed by atoms with Gasteiger partial charge in [0, 0.05) is 13.2 Å². The minimum absolute atomic E-state index is 0.0750. The molecule has 118 valence electrons. The Labute approximate surface area is 122 Å². The zero-order chi connectivity index (χ0) is 16.3. The molecule has 0 spiro atoms. The summed E-state index contributed by atoms with van der Waals surface area (Å²) in [5.74, 6) is -1.10. The number of amides is 1. The molecule has 0 aliphatic heterocycles. The standard InChI is InChI=1S/C13H11F4N3O2/c1-20(11(21)8-6-18-19-7-8)9-4-2-3-5-10(9)22-13(16,17)12(14)15/h2-7,12H,1H3,(H,18,19). The molecule has 2 rings (SSSR count). The van der Waals surface area contributed by atoms with E-state index in [2.05, 4.69) is 14.9 Å². The summed E-state index contributed by atoms with van der Waals surface area (Å²) in [4.78, 5) is 13.1. The van der Waals surface area contributed by atoms with Gasteiger partial charge in [0.2, 0.25) is 0 Å². The van der Waals surface area contributed by atoms with Crippen molar-refractivity contribution in [3.05, 3.63) is 42.2 Å². The first-order chi connectivity index (χ1) is 10.3. The number of para-hydroxylation sites is 2. The summed E-state index contributed by atoms with van der Waals surface area (Å²) in [5.41, 5.74) is 0.104. The largest absolute Gasteiger partial charge is 0.461 e. The lowest BCUT2D eigenvalue weighted by Crippen LogP contribution is -2.34. The van der Waals surface area contributed by atoms with E-state index in [-0.39, 0.29) is 11.3 Å². The lowest BCUT2D eigenvalue weighted by atomic mass is 10.2. The highest BCUT2D eigenvalue weighted by Gasteiger charge is 2.44. The van der Waals surface area contributed by atoms with Gasteiger partial charge < -0.3 is 9.64 Å². The number of nitrogens with one attached hydrogen (secondary N) is 1. The number of hydrogen-bond acceptors (Lipinski definition) is 3. The molecule has 1 N–H and O–H groups in total. The van der Waals surface area contributed by atoms with Crippen LogP contribution in [0.25, 0.3) is 0 Å². The number of carbonyl (C=O) groups is 1. The van der Waals surface area contributed by atoms with Gasteiger partial charge in [-0.25, -0.2) is 0 Å². The van der Waals surface area contributed by atoms with Crippen molar-refractivity contribution in [3.63, 3.8) is 0 Å². The number of H-pyrrole nitrogens is 1. The molecule has 9 heteroatoms. The summed E-state index contributed by atoms with van der Waals surface area (Å²) < 4.78 is 54.7. The Hall–Kier alpha value is -2.58. The molecule has 1 amide bonds. The third-order valence-electron chi connectivity index (χ3n) is 2.78. The highest BCUT2D eigenvalue weighted by atomic mass is 19.3. The van der Waals surface area contributed by atoms with Crippen LogP contribution >= 0.6 is 0 Å². The lowest BCUT2D eigenvalue weighted by Gasteiger charge is -2.23. The number of alkyl halides is 4. The molecule has 0 unspecified atom stereocenters. The SMILES string of the molecule is CN(C(=O)c1cn[nH]c1)c1ccccc1OC(F)(F)C(F)F. The summed E-state index contributed by atoms with van der Waals surface area (Å²) in [5, 5.41) is 6.04. The Kier molecular flexibility index (Phi) is 4.34. The molecule has 0 aliphatic rings. The molecule has 2 aromatic rings. The molecule has 0 saturated heterocycles. The molecule has 0 radical (unpaired) electrons. The molecule has 0 aliphatic carbocycles. The van der Waals surface area contributed by atoms with E-state index in [9.17, 15) is 22.4 Å². The zero-order valence-corrected chi connectivity index (χ0v) is 11.3. The predicted octanol–water partition coefficient (Wildman–Crippen LogP) is 2.92. The molecule has 0 bridgehead atoms. The van der Waals surface area contributed by atoms with Crippen LogP contribution in [0.15, 0.2) is 36.7 Å². The maximum absolute atomic E-state index is 13.1. The molecule has 1 aromatic heterocycles. The smallest absolute Gasteiger partial charge is 0.426 e. The van der Waals surface area contributed by atoms with E-state index in [4.69, 9.17) is 0 Å². The van der Waals surface area contributed by atoms with Gasteiger partial charge in [0.15, 0.2) is 0 Å². The molecular weight excluding hydrogens is 306 g/mol. The minimum Gasteiger partial charge on any atom is -0.426 e. The summed E-state index contributed by atoms with van der Waals surface area (Å²) in [6.07, 6.45) is -6.09. The van der Waals surface area contributed by atoms with Gasteiger partial charge in [0.1, 0.15) is 5.75 Å². The molecule has 0 atom stereocenters. The van der Waals surface area contributed by atoms with E-state index >= 15 is 0 Å². The summed E-state index contributed by atoms with van der Waals surface area (Å²) in [6, 6.07) is 5.16. The Morgan fingerprint density at radius 2 is 2.05 bits per heavy atom. The quantitative estimate of drug-likeness (QED) is 0.863. The van der Waals surface area contributed by atoms with Crippen molar-refractivity contribution in [3.8, 4) is 5.75 Å². The van der Waals surface area contributed by atoms with Crippen molar-refractivity contribution in [2.24, 2.45) is 0 Å². The number of hydrogen-bond donors (Lipinski definition) is 1. The van der Waals surface area contributed by atoms with Crippen molar-refractivity contribution in [1.82, 2.24) is 10.2 Å². The number of ether oxygens (including phenoxy) is 1. The van der Waals surface area contributed by atoms with Crippen molar-refractivity contribution in [1.29, 1.82) is 0 Å². The Morgan fingerprint density at radius 3 is 2.64 bits per heavy atom. The van der Waals surface area contributed by atoms with Crippen LogP contribution in [0.2, 0.25) is 0 Å². The van der Waals surface area contributed by atoms with Crippen LogP contribution in [0, 0.1) is 0 Å². The van der Waals surface area contributed by atoms with Crippen LogP contribution in [0.5, 0.6) is 5.75 Å². The van der Waals surface area contributed by atoms with Gasteiger partial charge in [0.25, 0.3) is 5.91 Å². The van der Waals surface area contributed by atoms with Gasteiger partial charge in [-0.3, -0.25) is 9.89 Å². The number of nitrogens with zero attached hydrogens (tertiary/aromatic N) is 2. The average molecular weight is 317 g/mol. The van der Waals surface area contributed by atoms with Crippen molar-refractivity contribution in [2.45, 2.75) is 12.5 Å². The number of aromatic nitrogens is 2. The van der Waals surface area contributed by atoms with Crippen LogP contribution < -0.4 is 9.64 Å². The third kappa shape index (κ3) is 3.18. The fourth-order valence-electron chi connectivity index (χ4n) is 1.68. The van der Waals surface area contributed by atoms with E-state index in [1.54, 1.807) is 0 Å². The van der Waals surface area contributed by atoms with Crippen LogP contribution in [0.3, 0.4) is 0 Å². The summed E-state index contributed by atoms with van der Waals surface area (Å²) >= 11 is 0. The highest BCUT2D eigenvalue weighted by Crippen LogP contribution is 2.34. The van der Waals surface area contributed by atoms with Crippen LogP contribution in [-0.4, -0.2) is 35.7 Å². The van der Waals surface area contributed by atoms with Crippen LogP contribution in [0.4, 0.5) is 23.2 Å². The second-order valence-electron chi connectivity index (χ2n) is 4.28. The van der Waals surface area contributed by atoms with Gasteiger partial charge in [-0.1, -0.05) is 12.1 Å². The maximum atomic E-state index is 13.1. The summed E-state index contributed by atoms with van der Waals surface area (Å²) in [7, 11) is 1.30. The average Bonchev–Trinajstić information content (AvgIpc) is 3.00. The number of carbonyl (C=O) groups excluding carboxylic acids is 1. The molecule has 1 aromatic carbocycles. The first kappa shape index (κ1) is 15.8. The normalized spacial score (nSPS) is 11.5. The van der Waals surface area contributed by atoms with Crippen molar-refractivity contribution in [2.75, 3.05) is 11.9 Å². The third-order valence-corrected chi connectivity index (χ3v) is 2.78. The second kappa shape index (κ2) is 6.04. The number of rotatable bonds is 5. The first-order valence-electron chi connectivity index (χ1n) is 6.04. The van der Waals surface area contributed by atoms with Crippen LogP contribution in [0.1, 0.15) is 10.4 Å². The molecule has 5 nitrogen and oxygen atoms in total. The van der Waals surface area contributed by atoms with E-state index in [1.807, 2.05) is 0 Å². The van der Waals surface area contributed by atoms with E-state index in [0.29, 0.717) is 0 Å². The molecule has 0 saturated carbocycles. The topological polar surface area (TPSA) is 58.2 Å². The number of anilines is 1. The lowest BCUT2D eigenvalue weighted by molar-refractivity contribution is -0.253.